The molecule has 3 rings (SSSR count). The van der Waals surface area contributed by atoms with Gasteiger partial charge in [-0.1, -0.05) is 24.3 Å². The minimum Gasteiger partial charge on any atom is -0.445 e. The van der Waals surface area contributed by atoms with Gasteiger partial charge in [-0.25, -0.2) is 9.78 Å². The van der Waals surface area contributed by atoms with E-state index < -0.39 is 6.09 Å². The smallest absolute Gasteiger partial charge is 0.404 e. The van der Waals surface area contributed by atoms with E-state index in [9.17, 15) is 4.79 Å². The predicted molar refractivity (Wildman–Crippen MR) is 87.8 cm³/mol. The van der Waals surface area contributed by atoms with Gasteiger partial charge in [0.1, 0.15) is 6.61 Å². The Balaban J connectivity index is 1.59. The number of nitrogens with zero attached hydrogens (tertiary/aromatic N) is 1. The first-order valence-corrected chi connectivity index (χ1v) is 7.66. The quantitative estimate of drug-likeness (QED) is 0.755. The summed E-state index contributed by atoms with van der Waals surface area (Å²) in [4.78, 5) is 14.8. The fourth-order valence-corrected chi connectivity index (χ4v) is 2.79. The molecular formula is C16H15N3O2S. The van der Waals surface area contributed by atoms with Crippen LogP contribution in [0.25, 0.3) is 10.2 Å². The normalized spacial score (nSPS) is 10.5. The minimum absolute atomic E-state index is 0.199. The molecule has 0 aliphatic heterocycles. The average molecular weight is 313 g/mol. The van der Waals surface area contributed by atoms with Crippen molar-refractivity contribution in [2.24, 2.45) is 5.73 Å². The summed E-state index contributed by atoms with van der Waals surface area (Å²) in [5.41, 5.74) is 10.9. The summed E-state index contributed by atoms with van der Waals surface area (Å²) >= 11 is 1.63. The van der Waals surface area contributed by atoms with Crippen LogP contribution in [-0.2, 0) is 17.9 Å². The molecule has 112 valence electrons. The molecule has 1 aromatic heterocycles. The molecule has 1 heterocycles. The number of nitrogens with one attached hydrogen (secondary N) is 1. The van der Waals surface area contributed by atoms with Crippen molar-refractivity contribution in [3.63, 3.8) is 0 Å². The summed E-state index contributed by atoms with van der Waals surface area (Å²) in [6, 6.07) is 14.0. The van der Waals surface area contributed by atoms with E-state index in [1.165, 1.54) is 4.70 Å². The summed E-state index contributed by atoms with van der Waals surface area (Å²) in [5.74, 6) is 0. The largest absolute Gasteiger partial charge is 0.445 e. The standard InChI is InChI=1S/C16H15N3O2S/c17-16(20)21-9-12-3-1-11(2-4-12)8-18-13-5-6-14-15(7-13)22-10-19-14/h1-7,10,18H,8-9H2,(H2,17,20). The number of amides is 1. The second kappa shape index (κ2) is 6.44. The third-order valence-corrected chi connectivity index (χ3v) is 4.02. The van der Waals surface area contributed by atoms with Crippen molar-refractivity contribution in [3.05, 3.63) is 59.1 Å². The topological polar surface area (TPSA) is 77.2 Å². The Morgan fingerprint density at radius 2 is 1.95 bits per heavy atom. The molecule has 0 saturated carbocycles. The zero-order valence-corrected chi connectivity index (χ0v) is 12.6. The molecule has 0 aliphatic rings. The molecule has 0 bridgehead atoms. The van der Waals surface area contributed by atoms with Crippen LogP contribution in [0.3, 0.4) is 0 Å². The van der Waals surface area contributed by atoms with Crippen molar-refractivity contribution in [3.8, 4) is 0 Å². The van der Waals surface area contributed by atoms with Gasteiger partial charge < -0.3 is 15.8 Å². The van der Waals surface area contributed by atoms with E-state index in [0.717, 1.165) is 28.9 Å². The Bertz CT molecular complexity index is 783. The lowest BCUT2D eigenvalue weighted by Crippen LogP contribution is -2.12. The molecule has 0 saturated heterocycles. The number of thiazole rings is 1. The summed E-state index contributed by atoms with van der Waals surface area (Å²) in [5, 5.41) is 3.39. The maximum atomic E-state index is 10.6. The number of anilines is 1. The van der Waals surface area contributed by atoms with Gasteiger partial charge in [-0.05, 0) is 29.3 Å². The zero-order chi connectivity index (χ0) is 15.4. The van der Waals surface area contributed by atoms with Gasteiger partial charge in [0.25, 0.3) is 0 Å². The van der Waals surface area contributed by atoms with Crippen LogP contribution in [0.4, 0.5) is 10.5 Å². The summed E-state index contributed by atoms with van der Waals surface area (Å²) in [7, 11) is 0. The van der Waals surface area contributed by atoms with Crippen molar-refractivity contribution in [1.29, 1.82) is 0 Å². The number of carbonyl (C=O) groups excluding carboxylic acids is 1. The van der Waals surface area contributed by atoms with Crippen molar-refractivity contribution in [2.75, 3.05) is 5.32 Å². The molecule has 0 atom stereocenters. The number of benzene rings is 2. The first-order chi connectivity index (χ1) is 10.7. The molecule has 0 radical (unpaired) electrons. The van der Waals surface area contributed by atoms with Crippen LogP contribution >= 0.6 is 11.3 Å². The van der Waals surface area contributed by atoms with Crippen LogP contribution < -0.4 is 11.1 Å². The third-order valence-electron chi connectivity index (χ3n) is 3.23. The minimum atomic E-state index is -0.760. The second-order valence-corrected chi connectivity index (χ2v) is 5.70. The third kappa shape index (κ3) is 3.53. The van der Waals surface area contributed by atoms with Gasteiger partial charge in [0.15, 0.2) is 0 Å². The maximum Gasteiger partial charge on any atom is 0.404 e. The van der Waals surface area contributed by atoms with Crippen LogP contribution in [0.1, 0.15) is 11.1 Å². The first-order valence-electron chi connectivity index (χ1n) is 6.78. The number of nitrogens with two attached hydrogens (primary N) is 1. The Hall–Kier alpha value is -2.60. The van der Waals surface area contributed by atoms with Crippen LogP contribution in [0.2, 0.25) is 0 Å². The molecule has 1 amide bonds. The van der Waals surface area contributed by atoms with E-state index in [4.69, 9.17) is 10.5 Å². The van der Waals surface area contributed by atoms with Gasteiger partial charge >= 0.3 is 6.09 Å². The fraction of sp³-hybridized carbons (Fsp3) is 0.125. The molecule has 0 spiro atoms. The van der Waals surface area contributed by atoms with Crippen LogP contribution in [0, 0.1) is 0 Å². The highest BCUT2D eigenvalue weighted by atomic mass is 32.1. The van der Waals surface area contributed by atoms with Gasteiger partial charge in [0, 0.05) is 12.2 Å². The monoisotopic (exact) mass is 313 g/mol. The predicted octanol–water partition coefficient (Wildman–Crippen LogP) is 3.50. The van der Waals surface area contributed by atoms with Gasteiger partial charge in [-0.15, -0.1) is 11.3 Å². The number of aromatic nitrogens is 1. The summed E-state index contributed by atoms with van der Waals surface area (Å²) in [6.45, 7) is 0.923. The number of rotatable bonds is 5. The van der Waals surface area contributed by atoms with Gasteiger partial charge in [-0.2, -0.15) is 0 Å². The van der Waals surface area contributed by atoms with E-state index in [1.807, 2.05) is 41.9 Å². The van der Waals surface area contributed by atoms with Crippen LogP contribution in [0.5, 0.6) is 0 Å². The summed E-state index contributed by atoms with van der Waals surface area (Å²) < 4.78 is 5.92. The van der Waals surface area contributed by atoms with E-state index in [2.05, 4.69) is 16.4 Å². The van der Waals surface area contributed by atoms with Gasteiger partial charge in [0.05, 0.1) is 15.7 Å². The number of hydrogen-bond donors (Lipinski definition) is 2. The molecule has 22 heavy (non-hydrogen) atoms. The number of hydrogen-bond acceptors (Lipinski definition) is 5. The van der Waals surface area contributed by atoms with Gasteiger partial charge in [0.2, 0.25) is 0 Å². The molecule has 0 unspecified atom stereocenters. The Kier molecular flexibility index (Phi) is 4.20. The first kappa shape index (κ1) is 14.3. The number of fused-ring (bicyclic) bond motifs is 1. The number of primary amides is 1. The molecule has 3 N–H and O–H groups in total. The molecule has 6 heteroatoms. The van der Waals surface area contributed by atoms with Crippen molar-refractivity contribution in [2.45, 2.75) is 13.2 Å². The maximum absolute atomic E-state index is 10.6. The Morgan fingerprint density at radius 3 is 2.73 bits per heavy atom. The summed E-state index contributed by atoms with van der Waals surface area (Å²) in [6.07, 6.45) is -0.760. The number of carbonyl (C=O) groups is 1. The average Bonchev–Trinajstić information content (AvgIpc) is 2.99. The van der Waals surface area contributed by atoms with E-state index >= 15 is 0 Å². The lowest BCUT2D eigenvalue weighted by molar-refractivity contribution is 0.150. The molecule has 3 aromatic rings. The van der Waals surface area contributed by atoms with E-state index in [0.29, 0.717) is 0 Å². The van der Waals surface area contributed by atoms with Crippen molar-refractivity contribution < 1.29 is 9.53 Å². The lowest BCUT2D eigenvalue weighted by Gasteiger charge is -2.08. The SMILES string of the molecule is NC(=O)OCc1ccc(CNc2ccc3ncsc3c2)cc1. The zero-order valence-electron chi connectivity index (χ0n) is 11.8. The fourth-order valence-electron chi connectivity index (χ4n) is 2.08. The molecule has 2 aromatic carbocycles. The van der Waals surface area contributed by atoms with Gasteiger partial charge in [-0.3, -0.25) is 0 Å². The highest BCUT2D eigenvalue weighted by molar-refractivity contribution is 7.16. The highest BCUT2D eigenvalue weighted by Gasteiger charge is 2.00. The molecular weight excluding hydrogens is 298 g/mol. The van der Waals surface area contributed by atoms with E-state index in [-0.39, 0.29) is 6.61 Å². The molecule has 5 nitrogen and oxygen atoms in total. The molecule has 0 aliphatic carbocycles. The van der Waals surface area contributed by atoms with Crippen molar-refractivity contribution >= 4 is 33.3 Å². The highest BCUT2D eigenvalue weighted by Crippen LogP contribution is 2.22. The number of ether oxygens (including phenoxy) is 1. The Morgan fingerprint density at radius 1 is 1.18 bits per heavy atom. The lowest BCUT2D eigenvalue weighted by atomic mass is 10.1. The Labute approximate surface area is 131 Å². The molecule has 0 fully saturated rings. The van der Waals surface area contributed by atoms with Crippen LogP contribution in [0.15, 0.2) is 48.0 Å². The van der Waals surface area contributed by atoms with Crippen LogP contribution in [-0.4, -0.2) is 11.1 Å². The van der Waals surface area contributed by atoms with Crippen molar-refractivity contribution in [1.82, 2.24) is 4.98 Å². The second-order valence-electron chi connectivity index (χ2n) is 4.81. The van der Waals surface area contributed by atoms with E-state index in [1.54, 1.807) is 11.3 Å².